The third-order valence-corrected chi connectivity index (χ3v) is 6.56. The molecule has 3 rings (SSSR count). The highest BCUT2D eigenvalue weighted by Gasteiger charge is 2.36. The molecule has 148 valence electrons. The van der Waals surface area contributed by atoms with E-state index >= 15 is 0 Å². The SMILES string of the molecule is Cc1ccc(S(N)(=O)=O)cc1C(=O)N(C)CC1CC(=O)N(C2CCCC2)C1. The molecule has 1 unspecified atom stereocenters. The number of likely N-dealkylation sites (tertiary alicyclic amines) is 1. The molecule has 1 saturated carbocycles. The summed E-state index contributed by atoms with van der Waals surface area (Å²) in [6.45, 7) is 2.92. The lowest BCUT2D eigenvalue weighted by Crippen LogP contribution is -2.36. The number of hydrogen-bond donors (Lipinski definition) is 1. The second kappa shape index (κ2) is 7.59. The Kier molecular flexibility index (Phi) is 5.58. The van der Waals surface area contributed by atoms with Crippen molar-refractivity contribution in [3.63, 3.8) is 0 Å². The lowest BCUT2D eigenvalue weighted by Gasteiger charge is -2.25. The normalized spacial score (nSPS) is 21.1. The van der Waals surface area contributed by atoms with Gasteiger partial charge in [0.2, 0.25) is 15.9 Å². The van der Waals surface area contributed by atoms with Gasteiger partial charge >= 0.3 is 0 Å². The molecule has 2 fully saturated rings. The van der Waals surface area contributed by atoms with Crippen molar-refractivity contribution in [1.29, 1.82) is 0 Å². The molecule has 1 heterocycles. The van der Waals surface area contributed by atoms with Gasteiger partial charge in [0.1, 0.15) is 0 Å². The van der Waals surface area contributed by atoms with Crippen LogP contribution in [0.2, 0.25) is 0 Å². The average molecular weight is 394 g/mol. The molecule has 2 amide bonds. The van der Waals surface area contributed by atoms with Gasteiger partial charge in [0.05, 0.1) is 4.90 Å². The number of aryl methyl sites for hydroxylation is 1. The number of sulfonamides is 1. The van der Waals surface area contributed by atoms with E-state index in [1.54, 1.807) is 24.9 Å². The number of amides is 2. The van der Waals surface area contributed by atoms with Gasteiger partial charge in [-0.15, -0.1) is 0 Å². The molecule has 1 saturated heterocycles. The second-order valence-corrected chi connectivity index (χ2v) is 9.32. The zero-order chi connectivity index (χ0) is 19.8. The topological polar surface area (TPSA) is 101 Å². The number of nitrogens with two attached hydrogens (primary N) is 1. The molecule has 1 atom stereocenters. The van der Waals surface area contributed by atoms with Gasteiger partial charge in [0, 0.05) is 44.1 Å². The monoisotopic (exact) mass is 393 g/mol. The largest absolute Gasteiger partial charge is 0.341 e. The number of hydrogen-bond acceptors (Lipinski definition) is 4. The Hall–Kier alpha value is -1.93. The predicted molar refractivity (Wildman–Crippen MR) is 102 cm³/mol. The van der Waals surface area contributed by atoms with Crippen molar-refractivity contribution in [2.75, 3.05) is 20.1 Å². The van der Waals surface area contributed by atoms with Crippen LogP contribution >= 0.6 is 0 Å². The summed E-state index contributed by atoms with van der Waals surface area (Å²) >= 11 is 0. The van der Waals surface area contributed by atoms with Crippen LogP contribution in [0, 0.1) is 12.8 Å². The van der Waals surface area contributed by atoms with Gasteiger partial charge in [0.25, 0.3) is 5.91 Å². The molecule has 1 aromatic carbocycles. The molecule has 1 aliphatic carbocycles. The average Bonchev–Trinajstić information content (AvgIpc) is 3.23. The quantitative estimate of drug-likeness (QED) is 0.819. The summed E-state index contributed by atoms with van der Waals surface area (Å²) in [6.07, 6.45) is 4.97. The Morgan fingerprint density at radius 3 is 2.59 bits per heavy atom. The summed E-state index contributed by atoms with van der Waals surface area (Å²) in [5.74, 6) is 0.0266. The molecule has 2 aliphatic rings. The highest BCUT2D eigenvalue weighted by atomic mass is 32.2. The van der Waals surface area contributed by atoms with Crippen LogP contribution in [-0.2, 0) is 14.8 Å². The smallest absolute Gasteiger partial charge is 0.253 e. The van der Waals surface area contributed by atoms with E-state index in [-0.39, 0.29) is 22.6 Å². The predicted octanol–water partition coefficient (Wildman–Crippen LogP) is 1.51. The van der Waals surface area contributed by atoms with Crippen LogP contribution < -0.4 is 5.14 Å². The summed E-state index contributed by atoms with van der Waals surface area (Å²) in [6, 6.07) is 4.67. The number of carbonyl (C=O) groups excluding carboxylic acids is 2. The summed E-state index contributed by atoms with van der Waals surface area (Å²) in [5, 5.41) is 5.18. The zero-order valence-electron chi connectivity index (χ0n) is 15.8. The van der Waals surface area contributed by atoms with Crippen molar-refractivity contribution in [3.8, 4) is 0 Å². The van der Waals surface area contributed by atoms with Gasteiger partial charge in [-0.3, -0.25) is 9.59 Å². The molecular weight excluding hydrogens is 366 g/mol. The molecule has 0 bridgehead atoms. The van der Waals surface area contributed by atoms with Crippen molar-refractivity contribution in [2.24, 2.45) is 11.1 Å². The molecule has 0 aromatic heterocycles. The molecule has 0 spiro atoms. The van der Waals surface area contributed by atoms with E-state index in [9.17, 15) is 18.0 Å². The highest BCUT2D eigenvalue weighted by molar-refractivity contribution is 7.89. The fourth-order valence-electron chi connectivity index (χ4n) is 4.18. The maximum absolute atomic E-state index is 12.8. The molecular formula is C19H27N3O4S. The molecule has 1 aliphatic heterocycles. The molecule has 0 radical (unpaired) electrons. The van der Waals surface area contributed by atoms with Gasteiger partial charge in [0.15, 0.2) is 0 Å². The van der Waals surface area contributed by atoms with Gasteiger partial charge < -0.3 is 9.80 Å². The number of carbonyl (C=O) groups is 2. The number of benzene rings is 1. The van der Waals surface area contributed by atoms with Crippen LogP contribution in [0.15, 0.2) is 23.1 Å². The summed E-state index contributed by atoms with van der Waals surface area (Å²) in [5.41, 5.74) is 1.01. The minimum Gasteiger partial charge on any atom is -0.341 e. The van der Waals surface area contributed by atoms with E-state index in [1.807, 2.05) is 4.90 Å². The summed E-state index contributed by atoms with van der Waals surface area (Å²) in [7, 11) is -2.18. The molecule has 7 nitrogen and oxygen atoms in total. The maximum Gasteiger partial charge on any atom is 0.253 e. The van der Waals surface area contributed by atoms with Crippen LogP contribution in [0.5, 0.6) is 0 Å². The van der Waals surface area contributed by atoms with Crippen LogP contribution in [0.1, 0.15) is 48.0 Å². The highest BCUT2D eigenvalue weighted by Crippen LogP contribution is 2.30. The fraction of sp³-hybridized carbons (Fsp3) is 0.579. The van der Waals surface area contributed by atoms with E-state index < -0.39 is 10.0 Å². The molecule has 1 aromatic rings. The van der Waals surface area contributed by atoms with E-state index in [0.29, 0.717) is 36.7 Å². The Labute approximate surface area is 160 Å². The Bertz CT molecular complexity index is 847. The van der Waals surface area contributed by atoms with E-state index in [2.05, 4.69) is 0 Å². The maximum atomic E-state index is 12.8. The van der Waals surface area contributed by atoms with Crippen molar-refractivity contribution in [1.82, 2.24) is 9.80 Å². The second-order valence-electron chi connectivity index (χ2n) is 7.76. The lowest BCUT2D eigenvalue weighted by atomic mass is 10.1. The van der Waals surface area contributed by atoms with Gasteiger partial charge in [-0.1, -0.05) is 18.9 Å². The summed E-state index contributed by atoms with van der Waals surface area (Å²) < 4.78 is 23.2. The number of rotatable bonds is 5. The molecule has 8 heteroatoms. The first-order valence-electron chi connectivity index (χ1n) is 9.35. The van der Waals surface area contributed by atoms with Crippen LogP contribution in [-0.4, -0.2) is 56.2 Å². The standard InChI is InChI=1S/C19H27N3O4S/c1-13-7-8-16(27(20,25)26)10-17(13)19(24)21(2)11-14-9-18(23)22(12-14)15-5-3-4-6-15/h7-8,10,14-15H,3-6,9,11-12H2,1-2H3,(H2,20,25,26). The van der Waals surface area contributed by atoms with E-state index in [4.69, 9.17) is 5.14 Å². The first kappa shape index (κ1) is 19.8. The fourth-order valence-corrected chi connectivity index (χ4v) is 4.72. The lowest BCUT2D eigenvalue weighted by molar-refractivity contribution is -0.129. The molecule has 27 heavy (non-hydrogen) atoms. The van der Waals surface area contributed by atoms with Crippen molar-refractivity contribution in [3.05, 3.63) is 29.3 Å². The third-order valence-electron chi connectivity index (χ3n) is 5.65. The van der Waals surface area contributed by atoms with Crippen molar-refractivity contribution in [2.45, 2.75) is 50.0 Å². The van der Waals surface area contributed by atoms with Gasteiger partial charge in [-0.25, -0.2) is 13.6 Å². The summed E-state index contributed by atoms with van der Waals surface area (Å²) in [4.78, 5) is 28.7. The minimum atomic E-state index is -3.87. The van der Waals surface area contributed by atoms with Crippen LogP contribution in [0.4, 0.5) is 0 Å². The number of nitrogens with zero attached hydrogens (tertiary/aromatic N) is 2. The van der Waals surface area contributed by atoms with Gasteiger partial charge in [-0.2, -0.15) is 0 Å². The van der Waals surface area contributed by atoms with Crippen molar-refractivity contribution < 1.29 is 18.0 Å². The van der Waals surface area contributed by atoms with Crippen LogP contribution in [0.25, 0.3) is 0 Å². The number of primary sulfonamides is 1. The minimum absolute atomic E-state index is 0.0756. The van der Waals surface area contributed by atoms with Crippen molar-refractivity contribution >= 4 is 21.8 Å². The van der Waals surface area contributed by atoms with E-state index in [0.717, 1.165) is 12.8 Å². The Morgan fingerprint density at radius 1 is 1.30 bits per heavy atom. The first-order valence-corrected chi connectivity index (χ1v) is 10.9. The van der Waals surface area contributed by atoms with Gasteiger partial charge in [-0.05, 0) is 37.5 Å². The molecule has 2 N–H and O–H groups in total. The van der Waals surface area contributed by atoms with E-state index in [1.165, 1.54) is 25.0 Å². The Balaban J connectivity index is 1.69. The van der Waals surface area contributed by atoms with Crippen LogP contribution in [0.3, 0.4) is 0 Å². The Morgan fingerprint density at radius 2 is 1.96 bits per heavy atom. The third kappa shape index (κ3) is 4.32. The first-order chi connectivity index (χ1) is 12.7. The zero-order valence-corrected chi connectivity index (χ0v) is 16.7.